The second kappa shape index (κ2) is 3.14. The molecule has 1 aliphatic rings. The molecule has 1 aliphatic heterocycles. The first kappa shape index (κ1) is 8.74. The molecule has 1 N–H and O–H groups in total. The first-order chi connectivity index (χ1) is 6.66. The standard InChI is InChI=1S/C10H9NO3/c1-6(12)11-8-3-2-7-5-14-10(13)9(7)4-8/h2-4H,5H2,1H3,(H,11,12). The van der Waals surface area contributed by atoms with Crippen LogP contribution in [-0.4, -0.2) is 11.9 Å². The fourth-order valence-electron chi connectivity index (χ4n) is 1.39. The minimum Gasteiger partial charge on any atom is -0.457 e. The lowest BCUT2D eigenvalue weighted by molar-refractivity contribution is -0.114. The van der Waals surface area contributed by atoms with Gasteiger partial charge in [0.25, 0.3) is 0 Å². The smallest absolute Gasteiger partial charge is 0.338 e. The molecule has 0 aromatic heterocycles. The van der Waals surface area contributed by atoms with E-state index in [0.29, 0.717) is 17.9 Å². The van der Waals surface area contributed by atoms with Crippen LogP contribution in [0.25, 0.3) is 0 Å². The number of hydrogen-bond acceptors (Lipinski definition) is 3. The lowest BCUT2D eigenvalue weighted by atomic mass is 10.1. The molecule has 0 atom stereocenters. The first-order valence-corrected chi connectivity index (χ1v) is 4.24. The second-order valence-electron chi connectivity index (χ2n) is 3.13. The van der Waals surface area contributed by atoms with Crippen molar-refractivity contribution < 1.29 is 14.3 Å². The van der Waals surface area contributed by atoms with E-state index < -0.39 is 0 Å². The van der Waals surface area contributed by atoms with E-state index in [1.165, 1.54) is 6.92 Å². The zero-order chi connectivity index (χ0) is 10.1. The summed E-state index contributed by atoms with van der Waals surface area (Å²) in [5, 5.41) is 2.61. The number of benzene rings is 1. The van der Waals surface area contributed by atoms with Crippen LogP contribution in [0.2, 0.25) is 0 Å². The molecule has 1 amide bonds. The van der Waals surface area contributed by atoms with E-state index in [1.54, 1.807) is 18.2 Å². The highest BCUT2D eigenvalue weighted by molar-refractivity contribution is 5.96. The summed E-state index contributed by atoms with van der Waals surface area (Å²) in [5.41, 5.74) is 2.02. The SMILES string of the molecule is CC(=O)Nc1ccc2c(c1)C(=O)OC2. The van der Waals surface area contributed by atoms with Gasteiger partial charge in [0.2, 0.25) is 5.91 Å². The van der Waals surface area contributed by atoms with Crippen LogP contribution in [0.5, 0.6) is 0 Å². The Hall–Kier alpha value is -1.84. The van der Waals surface area contributed by atoms with E-state index in [2.05, 4.69) is 5.32 Å². The normalized spacial score (nSPS) is 13.4. The van der Waals surface area contributed by atoms with Gasteiger partial charge in [0.1, 0.15) is 6.61 Å². The zero-order valence-electron chi connectivity index (χ0n) is 7.66. The van der Waals surface area contributed by atoms with Gasteiger partial charge in [-0.05, 0) is 12.1 Å². The van der Waals surface area contributed by atoms with E-state index in [-0.39, 0.29) is 11.9 Å². The summed E-state index contributed by atoms with van der Waals surface area (Å²) in [7, 11) is 0. The van der Waals surface area contributed by atoms with Gasteiger partial charge in [-0.3, -0.25) is 4.79 Å². The monoisotopic (exact) mass is 191 g/mol. The Kier molecular flexibility index (Phi) is 1.96. The van der Waals surface area contributed by atoms with Crippen LogP contribution < -0.4 is 5.32 Å². The molecule has 0 spiro atoms. The van der Waals surface area contributed by atoms with E-state index in [9.17, 15) is 9.59 Å². The summed E-state index contributed by atoms with van der Waals surface area (Å²) in [4.78, 5) is 21.9. The van der Waals surface area contributed by atoms with Crippen molar-refractivity contribution in [1.82, 2.24) is 0 Å². The van der Waals surface area contributed by atoms with Gasteiger partial charge in [0.15, 0.2) is 0 Å². The molecule has 0 unspecified atom stereocenters. The summed E-state index contributed by atoms with van der Waals surface area (Å²) in [6.45, 7) is 1.75. The third-order valence-electron chi connectivity index (χ3n) is 2.01. The maximum Gasteiger partial charge on any atom is 0.338 e. The average Bonchev–Trinajstić information content (AvgIpc) is 2.47. The predicted molar refractivity (Wildman–Crippen MR) is 49.9 cm³/mol. The molecule has 0 aliphatic carbocycles. The number of ether oxygens (including phenoxy) is 1. The lowest BCUT2D eigenvalue weighted by Crippen LogP contribution is -2.06. The van der Waals surface area contributed by atoms with Gasteiger partial charge in [-0.1, -0.05) is 6.07 Å². The molecule has 1 aromatic carbocycles. The van der Waals surface area contributed by atoms with Crippen molar-refractivity contribution in [2.45, 2.75) is 13.5 Å². The number of fused-ring (bicyclic) bond motifs is 1. The quantitative estimate of drug-likeness (QED) is 0.681. The Morgan fingerprint density at radius 2 is 2.29 bits per heavy atom. The van der Waals surface area contributed by atoms with Crippen molar-refractivity contribution in [1.29, 1.82) is 0 Å². The van der Waals surface area contributed by atoms with Crippen molar-refractivity contribution >= 4 is 17.6 Å². The van der Waals surface area contributed by atoms with Crippen LogP contribution in [0.1, 0.15) is 22.8 Å². The van der Waals surface area contributed by atoms with Crippen LogP contribution >= 0.6 is 0 Å². The summed E-state index contributed by atoms with van der Waals surface area (Å²) in [6, 6.07) is 5.17. The predicted octanol–water partition coefficient (Wildman–Crippen LogP) is 1.32. The highest BCUT2D eigenvalue weighted by Crippen LogP contribution is 2.23. The van der Waals surface area contributed by atoms with E-state index in [4.69, 9.17) is 4.74 Å². The topological polar surface area (TPSA) is 55.4 Å². The molecule has 0 fully saturated rings. The first-order valence-electron chi connectivity index (χ1n) is 4.24. The molecule has 1 heterocycles. The van der Waals surface area contributed by atoms with Gasteiger partial charge in [-0.25, -0.2) is 4.79 Å². The van der Waals surface area contributed by atoms with Crippen LogP contribution in [-0.2, 0) is 16.1 Å². The van der Waals surface area contributed by atoms with Crippen LogP contribution in [0.15, 0.2) is 18.2 Å². The highest BCUT2D eigenvalue weighted by atomic mass is 16.5. The fourth-order valence-corrected chi connectivity index (χ4v) is 1.39. The Bertz CT molecular complexity index is 412. The van der Waals surface area contributed by atoms with Crippen molar-refractivity contribution in [3.8, 4) is 0 Å². The lowest BCUT2D eigenvalue weighted by Gasteiger charge is -2.02. The summed E-state index contributed by atoms with van der Waals surface area (Å²) < 4.78 is 4.83. The molecule has 1 aromatic rings. The van der Waals surface area contributed by atoms with Crippen molar-refractivity contribution in [3.63, 3.8) is 0 Å². The number of carbonyl (C=O) groups is 2. The molecule has 0 bridgehead atoms. The Balaban J connectivity index is 2.35. The maximum absolute atomic E-state index is 11.2. The molecule has 0 saturated carbocycles. The number of hydrogen-bond donors (Lipinski definition) is 1. The maximum atomic E-state index is 11.2. The molecular weight excluding hydrogens is 182 g/mol. The number of amides is 1. The number of carbonyl (C=O) groups excluding carboxylic acids is 2. The molecule has 0 saturated heterocycles. The molecule has 72 valence electrons. The number of cyclic esters (lactones) is 1. The Morgan fingerprint density at radius 3 is 3.00 bits per heavy atom. The fraction of sp³-hybridized carbons (Fsp3) is 0.200. The summed E-state index contributed by atoms with van der Waals surface area (Å²) >= 11 is 0. The Morgan fingerprint density at radius 1 is 1.50 bits per heavy atom. The van der Waals surface area contributed by atoms with Gasteiger partial charge >= 0.3 is 5.97 Å². The molecule has 0 radical (unpaired) electrons. The largest absolute Gasteiger partial charge is 0.457 e. The van der Waals surface area contributed by atoms with Crippen molar-refractivity contribution in [2.75, 3.05) is 5.32 Å². The van der Waals surface area contributed by atoms with E-state index >= 15 is 0 Å². The molecular formula is C10H9NO3. The molecule has 4 nitrogen and oxygen atoms in total. The molecule has 2 rings (SSSR count). The third kappa shape index (κ3) is 1.46. The molecule has 4 heteroatoms. The Labute approximate surface area is 80.9 Å². The van der Waals surface area contributed by atoms with Gasteiger partial charge in [0.05, 0.1) is 5.56 Å². The van der Waals surface area contributed by atoms with E-state index in [0.717, 1.165) is 5.56 Å². The van der Waals surface area contributed by atoms with E-state index in [1.807, 2.05) is 0 Å². The summed E-state index contributed by atoms with van der Waals surface area (Å²) in [6.07, 6.45) is 0. The van der Waals surface area contributed by atoms with Crippen LogP contribution in [0.4, 0.5) is 5.69 Å². The second-order valence-corrected chi connectivity index (χ2v) is 3.13. The minimum absolute atomic E-state index is 0.156. The zero-order valence-corrected chi connectivity index (χ0v) is 7.66. The van der Waals surface area contributed by atoms with Gasteiger partial charge in [-0.2, -0.15) is 0 Å². The van der Waals surface area contributed by atoms with Gasteiger partial charge in [0, 0.05) is 18.2 Å². The van der Waals surface area contributed by atoms with Crippen molar-refractivity contribution in [2.24, 2.45) is 0 Å². The van der Waals surface area contributed by atoms with Gasteiger partial charge in [-0.15, -0.1) is 0 Å². The summed E-state index contributed by atoms with van der Waals surface area (Å²) in [5.74, 6) is -0.483. The number of nitrogens with one attached hydrogen (secondary N) is 1. The third-order valence-corrected chi connectivity index (χ3v) is 2.01. The number of anilines is 1. The van der Waals surface area contributed by atoms with Crippen LogP contribution in [0.3, 0.4) is 0 Å². The van der Waals surface area contributed by atoms with Crippen LogP contribution in [0, 0.1) is 0 Å². The minimum atomic E-state index is -0.327. The van der Waals surface area contributed by atoms with Gasteiger partial charge < -0.3 is 10.1 Å². The number of esters is 1. The number of rotatable bonds is 1. The van der Waals surface area contributed by atoms with Crippen molar-refractivity contribution in [3.05, 3.63) is 29.3 Å². The average molecular weight is 191 g/mol. The molecule has 14 heavy (non-hydrogen) atoms. The highest BCUT2D eigenvalue weighted by Gasteiger charge is 2.20.